The monoisotopic (exact) mass is 523 g/mol. The van der Waals surface area contributed by atoms with Gasteiger partial charge in [-0.2, -0.15) is 18.3 Å². The second-order valence-corrected chi connectivity index (χ2v) is 9.34. The summed E-state index contributed by atoms with van der Waals surface area (Å²) in [5.41, 5.74) is 5.88. The molecule has 2 atom stereocenters. The smallest absolute Gasteiger partial charge is 0.382 e. The van der Waals surface area contributed by atoms with Gasteiger partial charge in [0.2, 0.25) is 0 Å². The Morgan fingerprint density at radius 1 is 1.11 bits per heavy atom. The number of carbonyl (C=O) groups excluding carboxylic acids is 2. The Kier molecular flexibility index (Phi) is 6.25. The molecule has 0 radical (unpaired) electrons. The second kappa shape index (κ2) is 9.43. The molecule has 1 aliphatic rings. The third kappa shape index (κ3) is 4.53. The van der Waals surface area contributed by atoms with E-state index >= 15 is 0 Å². The first-order valence-corrected chi connectivity index (χ1v) is 11.9. The molecule has 2 amide bonds. The van der Waals surface area contributed by atoms with E-state index in [1.165, 1.54) is 12.3 Å². The van der Waals surface area contributed by atoms with Gasteiger partial charge >= 0.3 is 6.18 Å². The number of halogens is 3. The number of nitrogen functional groups attached to an aromatic ring is 1. The van der Waals surface area contributed by atoms with Gasteiger partial charge in [0.25, 0.3) is 11.8 Å². The van der Waals surface area contributed by atoms with Crippen LogP contribution in [0, 0.1) is 12.8 Å². The molecule has 1 saturated heterocycles. The molecule has 1 aromatic carbocycles. The predicted octanol–water partition coefficient (Wildman–Crippen LogP) is 3.59. The van der Waals surface area contributed by atoms with Crippen LogP contribution in [0.4, 0.5) is 19.0 Å². The Hall–Kier alpha value is -4.48. The number of rotatable bonds is 4. The molecule has 3 N–H and O–H groups in total. The van der Waals surface area contributed by atoms with Crippen LogP contribution in [0.3, 0.4) is 0 Å². The third-order valence-electron chi connectivity index (χ3n) is 6.75. The molecule has 1 aliphatic heterocycles. The highest BCUT2D eigenvalue weighted by atomic mass is 19.4. The number of nitrogens with one attached hydrogen (secondary N) is 1. The van der Waals surface area contributed by atoms with Crippen molar-refractivity contribution in [2.75, 3.05) is 18.8 Å². The normalized spacial score (nSPS) is 17.7. The Morgan fingerprint density at radius 2 is 1.84 bits per heavy atom. The average Bonchev–Trinajstić information content (AvgIpc) is 3.46. The van der Waals surface area contributed by atoms with Gasteiger partial charge in [-0.05, 0) is 37.1 Å². The molecular weight excluding hydrogens is 499 g/mol. The average molecular weight is 524 g/mol. The molecular formula is C26H24F3N7O2. The zero-order valence-corrected chi connectivity index (χ0v) is 20.5. The lowest BCUT2D eigenvalue weighted by atomic mass is 10.0. The number of hydrogen-bond donors (Lipinski definition) is 2. The second-order valence-electron chi connectivity index (χ2n) is 9.34. The minimum atomic E-state index is -4.69. The summed E-state index contributed by atoms with van der Waals surface area (Å²) in [6, 6.07) is 11.0. The van der Waals surface area contributed by atoms with Crippen LogP contribution in [0.5, 0.6) is 0 Å². The third-order valence-corrected chi connectivity index (χ3v) is 6.75. The van der Waals surface area contributed by atoms with Crippen molar-refractivity contribution in [2.24, 2.45) is 5.92 Å². The predicted molar refractivity (Wildman–Crippen MR) is 133 cm³/mol. The van der Waals surface area contributed by atoms with E-state index in [-0.39, 0.29) is 46.0 Å². The van der Waals surface area contributed by atoms with Crippen molar-refractivity contribution in [1.29, 1.82) is 0 Å². The fraction of sp³-hybridized carbons (Fsp3) is 0.269. The molecule has 4 heterocycles. The Morgan fingerprint density at radius 3 is 2.55 bits per heavy atom. The number of anilines is 1. The van der Waals surface area contributed by atoms with Gasteiger partial charge in [-0.3, -0.25) is 14.6 Å². The van der Waals surface area contributed by atoms with E-state index < -0.39 is 17.6 Å². The number of pyridine rings is 1. The highest BCUT2D eigenvalue weighted by molar-refractivity contribution is 5.97. The molecule has 12 heteroatoms. The quantitative estimate of drug-likeness (QED) is 0.422. The molecule has 0 bridgehead atoms. The largest absolute Gasteiger partial charge is 0.418 e. The Labute approximate surface area is 215 Å². The summed E-state index contributed by atoms with van der Waals surface area (Å²) in [4.78, 5) is 35.8. The maximum atomic E-state index is 13.7. The zero-order chi connectivity index (χ0) is 27.2. The number of aryl methyl sites for hydroxylation is 1. The molecule has 9 nitrogen and oxygen atoms in total. The summed E-state index contributed by atoms with van der Waals surface area (Å²) in [6.07, 6.45) is -2.25. The Balaban J connectivity index is 1.42. The molecule has 0 unspecified atom stereocenters. The van der Waals surface area contributed by atoms with Crippen LogP contribution in [-0.4, -0.2) is 55.4 Å². The summed E-state index contributed by atoms with van der Waals surface area (Å²) in [5.74, 6) is -0.877. The minimum Gasteiger partial charge on any atom is -0.382 e. The van der Waals surface area contributed by atoms with Gasteiger partial charge in [0, 0.05) is 30.4 Å². The van der Waals surface area contributed by atoms with Gasteiger partial charge in [-0.15, -0.1) is 0 Å². The number of amides is 2. The van der Waals surface area contributed by atoms with Crippen LogP contribution in [0.15, 0.2) is 55.0 Å². The summed E-state index contributed by atoms with van der Waals surface area (Å²) < 4.78 is 42.2. The van der Waals surface area contributed by atoms with Gasteiger partial charge in [0.05, 0.1) is 28.6 Å². The summed E-state index contributed by atoms with van der Waals surface area (Å²) in [7, 11) is 0. The van der Waals surface area contributed by atoms with E-state index in [0.717, 1.165) is 16.9 Å². The lowest BCUT2D eigenvalue weighted by Gasteiger charge is -2.18. The lowest BCUT2D eigenvalue weighted by molar-refractivity contribution is -0.136. The van der Waals surface area contributed by atoms with Crippen molar-refractivity contribution in [2.45, 2.75) is 26.1 Å². The van der Waals surface area contributed by atoms with E-state index in [1.54, 1.807) is 36.1 Å². The van der Waals surface area contributed by atoms with Crippen molar-refractivity contribution < 1.29 is 22.8 Å². The zero-order valence-electron chi connectivity index (χ0n) is 20.5. The number of nitrogens with two attached hydrogens (primary N) is 1. The van der Waals surface area contributed by atoms with Gasteiger partial charge in [-0.25, -0.2) is 9.50 Å². The first-order chi connectivity index (χ1) is 18.0. The van der Waals surface area contributed by atoms with Crippen molar-refractivity contribution in [1.82, 2.24) is 29.8 Å². The molecule has 0 saturated carbocycles. The van der Waals surface area contributed by atoms with Gasteiger partial charge in [0.15, 0.2) is 5.82 Å². The molecule has 0 spiro atoms. The maximum absolute atomic E-state index is 13.7. The van der Waals surface area contributed by atoms with Crippen molar-refractivity contribution in [3.63, 3.8) is 0 Å². The van der Waals surface area contributed by atoms with Gasteiger partial charge in [0.1, 0.15) is 11.8 Å². The number of hydrogen-bond acceptors (Lipinski definition) is 6. The number of alkyl halides is 3. The number of nitrogens with zero attached hydrogens (tertiary/aromatic N) is 5. The number of aromatic nitrogens is 4. The van der Waals surface area contributed by atoms with E-state index in [9.17, 15) is 22.8 Å². The summed E-state index contributed by atoms with van der Waals surface area (Å²) >= 11 is 0. The Bertz CT molecular complexity index is 1540. The van der Waals surface area contributed by atoms with Crippen LogP contribution in [0.2, 0.25) is 0 Å². The molecule has 4 aromatic rings. The fourth-order valence-electron chi connectivity index (χ4n) is 4.72. The summed E-state index contributed by atoms with van der Waals surface area (Å²) in [5, 5.41) is 6.92. The van der Waals surface area contributed by atoms with E-state index in [1.807, 2.05) is 13.0 Å². The van der Waals surface area contributed by atoms with Crippen LogP contribution >= 0.6 is 0 Å². The number of benzene rings is 1. The molecule has 0 aliphatic carbocycles. The van der Waals surface area contributed by atoms with Gasteiger partial charge < -0.3 is 16.0 Å². The van der Waals surface area contributed by atoms with Crippen molar-refractivity contribution >= 4 is 23.1 Å². The van der Waals surface area contributed by atoms with E-state index in [2.05, 4.69) is 20.4 Å². The van der Waals surface area contributed by atoms with Crippen LogP contribution < -0.4 is 11.1 Å². The van der Waals surface area contributed by atoms with Crippen LogP contribution in [-0.2, 0) is 6.18 Å². The fourth-order valence-corrected chi connectivity index (χ4v) is 4.72. The number of likely N-dealkylation sites (tertiary alicyclic amines) is 1. The highest BCUT2D eigenvalue weighted by Gasteiger charge is 2.37. The van der Waals surface area contributed by atoms with Crippen molar-refractivity contribution in [3.8, 4) is 11.3 Å². The molecule has 1 fully saturated rings. The highest BCUT2D eigenvalue weighted by Crippen LogP contribution is 2.38. The number of fused-ring (bicyclic) bond motifs is 1. The number of carbonyl (C=O) groups is 2. The SMILES string of the molecule is Cc1ncc(-c2cc(C(F)(F)F)c3c(N)ncnn23)cc1C(=O)N[C@@H]1CN(C(=O)c2ccccc2)C[C@@H]1C. The minimum absolute atomic E-state index is 0.00773. The standard InChI is InChI=1S/C26H24F3N7O2/c1-14-11-35(25(38)16-6-4-3-5-7-16)12-20(14)34-24(37)18-8-17(10-31-15(18)2)21-9-19(26(27,28)29)22-23(30)32-13-33-36(21)22/h3-10,13-14,20H,11-12H2,1-2H3,(H,34,37)(H2,30,32,33)/t14-,20+/m0/s1. The summed E-state index contributed by atoms with van der Waals surface area (Å²) in [6.45, 7) is 4.40. The van der Waals surface area contributed by atoms with Crippen molar-refractivity contribution in [3.05, 3.63) is 77.4 Å². The molecule has 5 rings (SSSR count). The molecule has 3 aromatic heterocycles. The van der Waals surface area contributed by atoms with Crippen LogP contribution in [0.25, 0.3) is 16.8 Å². The van der Waals surface area contributed by atoms with E-state index in [4.69, 9.17) is 5.73 Å². The molecule has 196 valence electrons. The van der Waals surface area contributed by atoms with Crippen LogP contribution in [0.1, 0.15) is 38.9 Å². The topological polar surface area (TPSA) is 119 Å². The maximum Gasteiger partial charge on any atom is 0.418 e. The first kappa shape index (κ1) is 25.2. The molecule has 38 heavy (non-hydrogen) atoms. The van der Waals surface area contributed by atoms with Gasteiger partial charge in [-0.1, -0.05) is 25.1 Å². The lowest BCUT2D eigenvalue weighted by Crippen LogP contribution is -2.40. The van der Waals surface area contributed by atoms with E-state index in [0.29, 0.717) is 24.3 Å². The first-order valence-electron chi connectivity index (χ1n) is 11.9.